The molecular formula is C9H13NS. The molecule has 0 spiro atoms. The van der Waals surface area contributed by atoms with Gasteiger partial charge in [0.25, 0.3) is 0 Å². The minimum absolute atomic E-state index is 0.626. The zero-order chi connectivity index (χ0) is 8.27. The molecule has 1 rings (SSSR count). The summed E-state index contributed by atoms with van der Waals surface area (Å²) in [6, 6.07) is 2.19. The fourth-order valence-corrected chi connectivity index (χ4v) is 1.71. The Morgan fingerprint density at radius 1 is 1.73 bits per heavy atom. The Morgan fingerprint density at radius 2 is 2.45 bits per heavy atom. The van der Waals surface area contributed by atoms with Gasteiger partial charge in [-0.1, -0.05) is 6.08 Å². The van der Waals surface area contributed by atoms with Crippen LogP contribution in [0.4, 0.5) is 0 Å². The van der Waals surface area contributed by atoms with Crippen molar-refractivity contribution < 1.29 is 0 Å². The van der Waals surface area contributed by atoms with Crippen molar-refractivity contribution in [2.45, 2.75) is 13.8 Å². The molecular weight excluding hydrogens is 154 g/mol. The van der Waals surface area contributed by atoms with Crippen LogP contribution < -0.4 is 5.73 Å². The van der Waals surface area contributed by atoms with E-state index < -0.39 is 0 Å². The molecule has 0 fully saturated rings. The lowest BCUT2D eigenvalue weighted by atomic mass is 10.1. The van der Waals surface area contributed by atoms with Crippen LogP contribution in [0.3, 0.4) is 0 Å². The number of aryl methyl sites for hydroxylation is 1. The second-order valence-corrected chi connectivity index (χ2v) is 3.68. The molecule has 0 bridgehead atoms. The topological polar surface area (TPSA) is 26.0 Å². The number of nitrogens with two attached hydrogens (primary N) is 1. The molecule has 1 nitrogen and oxygen atoms in total. The van der Waals surface area contributed by atoms with E-state index in [1.807, 2.05) is 6.08 Å². The summed E-state index contributed by atoms with van der Waals surface area (Å²) in [6.07, 6.45) is 2.04. The Bertz CT molecular complexity index is 260. The molecule has 0 aliphatic heterocycles. The molecule has 0 atom stereocenters. The van der Waals surface area contributed by atoms with Crippen LogP contribution in [0.15, 0.2) is 17.5 Å². The summed E-state index contributed by atoms with van der Waals surface area (Å²) >= 11 is 1.78. The molecule has 1 aromatic heterocycles. The highest BCUT2D eigenvalue weighted by molar-refractivity contribution is 7.10. The third kappa shape index (κ3) is 2.17. The highest BCUT2D eigenvalue weighted by Gasteiger charge is 1.96. The quantitative estimate of drug-likeness (QED) is 0.719. The first kappa shape index (κ1) is 8.50. The smallest absolute Gasteiger partial charge is 0.0112 e. The van der Waals surface area contributed by atoms with Crippen molar-refractivity contribution in [3.8, 4) is 0 Å². The fraction of sp³-hybridized carbons (Fsp3) is 0.333. The van der Waals surface area contributed by atoms with E-state index in [-0.39, 0.29) is 0 Å². The van der Waals surface area contributed by atoms with Crippen molar-refractivity contribution in [3.63, 3.8) is 0 Å². The molecule has 0 saturated carbocycles. The average molecular weight is 167 g/mol. The molecule has 11 heavy (non-hydrogen) atoms. The predicted molar refractivity (Wildman–Crippen MR) is 51.8 cm³/mol. The summed E-state index contributed by atoms with van der Waals surface area (Å²) in [4.78, 5) is 1.35. The largest absolute Gasteiger partial charge is 0.327 e. The second-order valence-electron chi connectivity index (χ2n) is 2.57. The normalized spacial score (nSPS) is 12.1. The van der Waals surface area contributed by atoms with E-state index in [1.54, 1.807) is 11.3 Å². The van der Waals surface area contributed by atoms with Gasteiger partial charge in [-0.25, -0.2) is 0 Å². The summed E-state index contributed by atoms with van der Waals surface area (Å²) in [7, 11) is 0. The standard InChI is InChI=1S/C9H13NS/c1-7(3-4-10)9-5-8(2)11-6-9/h3,5-6H,4,10H2,1-2H3/b7-3+. The van der Waals surface area contributed by atoms with E-state index in [1.165, 1.54) is 16.0 Å². The van der Waals surface area contributed by atoms with Gasteiger partial charge in [0.2, 0.25) is 0 Å². The molecule has 1 heterocycles. The highest BCUT2D eigenvalue weighted by atomic mass is 32.1. The lowest BCUT2D eigenvalue weighted by Gasteiger charge is -1.93. The Labute approximate surface area is 71.5 Å². The van der Waals surface area contributed by atoms with Gasteiger partial charge >= 0.3 is 0 Å². The maximum Gasteiger partial charge on any atom is 0.0112 e. The minimum atomic E-state index is 0.626. The molecule has 2 N–H and O–H groups in total. The molecule has 0 amide bonds. The average Bonchev–Trinajstić information content (AvgIpc) is 2.36. The van der Waals surface area contributed by atoms with Crippen LogP contribution in [0.25, 0.3) is 5.57 Å². The Balaban J connectivity index is 2.84. The minimum Gasteiger partial charge on any atom is -0.327 e. The number of rotatable bonds is 2. The summed E-state index contributed by atoms with van der Waals surface area (Å²) in [6.45, 7) is 4.83. The third-order valence-electron chi connectivity index (χ3n) is 1.61. The summed E-state index contributed by atoms with van der Waals surface area (Å²) in [5.41, 5.74) is 7.98. The van der Waals surface area contributed by atoms with Gasteiger partial charge in [0.1, 0.15) is 0 Å². The van der Waals surface area contributed by atoms with Crippen LogP contribution in [0, 0.1) is 6.92 Å². The number of thiophene rings is 1. The van der Waals surface area contributed by atoms with E-state index in [0.29, 0.717) is 6.54 Å². The molecule has 0 aliphatic rings. The van der Waals surface area contributed by atoms with Gasteiger partial charge in [0, 0.05) is 11.4 Å². The maximum atomic E-state index is 5.40. The van der Waals surface area contributed by atoms with Crippen molar-refractivity contribution in [1.29, 1.82) is 0 Å². The van der Waals surface area contributed by atoms with Crippen LogP contribution in [-0.2, 0) is 0 Å². The lowest BCUT2D eigenvalue weighted by molar-refractivity contribution is 1.25. The van der Waals surface area contributed by atoms with E-state index in [9.17, 15) is 0 Å². The molecule has 60 valence electrons. The number of hydrogen-bond acceptors (Lipinski definition) is 2. The molecule has 0 saturated heterocycles. The molecule has 0 unspecified atom stereocenters. The second kappa shape index (κ2) is 3.69. The monoisotopic (exact) mass is 167 g/mol. The van der Waals surface area contributed by atoms with Gasteiger partial charge in [-0.2, -0.15) is 0 Å². The van der Waals surface area contributed by atoms with Gasteiger partial charge < -0.3 is 5.73 Å². The Kier molecular flexibility index (Phi) is 2.85. The first-order valence-electron chi connectivity index (χ1n) is 3.66. The third-order valence-corrected chi connectivity index (χ3v) is 2.47. The van der Waals surface area contributed by atoms with Crippen molar-refractivity contribution in [2.75, 3.05) is 6.54 Å². The number of hydrogen-bond donors (Lipinski definition) is 1. The van der Waals surface area contributed by atoms with E-state index in [4.69, 9.17) is 5.73 Å². The van der Waals surface area contributed by atoms with Crippen LogP contribution >= 0.6 is 11.3 Å². The van der Waals surface area contributed by atoms with Crippen LogP contribution in [-0.4, -0.2) is 6.54 Å². The maximum absolute atomic E-state index is 5.40. The van der Waals surface area contributed by atoms with Crippen molar-refractivity contribution in [1.82, 2.24) is 0 Å². The summed E-state index contributed by atoms with van der Waals surface area (Å²) in [5, 5.41) is 2.16. The van der Waals surface area contributed by atoms with E-state index in [2.05, 4.69) is 25.3 Å². The first-order chi connectivity index (χ1) is 5.24. The first-order valence-corrected chi connectivity index (χ1v) is 4.54. The van der Waals surface area contributed by atoms with Gasteiger partial charge in [-0.05, 0) is 36.4 Å². The fourth-order valence-electron chi connectivity index (χ4n) is 0.945. The molecule has 0 radical (unpaired) electrons. The van der Waals surface area contributed by atoms with Gasteiger partial charge in [0.15, 0.2) is 0 Å². The molecule has 2 heteroatoms. The zero-order valence-electron chi connectivity index (χ0n) is 6.92. The zero-order valence-corrected chi connectivity index (χ0v) is 7.74. The van der Waals surface area contributed by atoms with E-state index >= 15 is 0 Å². The predicted octanol–water partition coefficient (Wildman–Crippen LogP) is 2.42. The molecule has 0 aromatic carbocycles. The van der Waals surface area contributed by atoms with E-state index in [0.717, 1.165) is 0 Å². The number of allylic oxidation sites excluding steroid dienone is 1. The summed E-state index contributed by atoms with van der Waals surface area (Å²) in [5.74, 6) is 0. The molecule has 1 aromatic rings. The Hall–Kier alpha value is -0.600. The van der Waals surface area contributed by atoms with Crippen LogP contribution in [0.5, 0.6) is 0 Å². The van der Waals surface area contributed by atoms with Crippen LogP contribution in [0.2, 0.25) is 0 Å². The SMILES string of the molecule is C/C(=C\CN)c1csc(C)c1. The van der Waals surface area contributed by atoms with Crippen molar-refractivity contribution in [2.24, 2.45) is 5.73 Å². The van der Waals surface area contributed by atoms with Gasteiger partial charge in [0.05, 0.1) is 0 Å². The highest BCUT2D eigenvalue weighted by Crippen LogP contribution is 2.20. The summed E-state index contributed by atoms with van der Waals surface area (Å²) < 4.78 is 0. The molecule has 0 aliphatic carbocycles. The Morgan fingerprint density at radius 3 is 2.91 bits per heavy atom. The van der Waals surface area contributed by atoms with Crippen molar-refractivity contribution in [3.05, 3.63) is 28.0 Å². The van der Waals surface area contributed by atoms with Crippen molar-refractivity contribution >= 4 is 16.9 Å². The van der Waals surface area contributed by atoms with Crippen LogP contribution in [0.1, 0.15) is 17.4 Å². The van der Waals surface area contributed by atoms with Gasteiger partial charge in [-0.15, -0.1) is 11.3 Å². The lowest BCUT2D eigenvalue weighted by Crippen LogP contribution is -1.93. The van der Waals surface area contributed by atoms with Gasteiger partial charge in [-0.3, -0.25) is 0 Å².